The number of carbonyl (C=O) groups excluding carboxylic acids is 2. The number of amides is 1. The molecule has 5 rings (SSSR count). The number of rotatable bonds is 7. The van der Waals surface area contributed by atoms with Crippen LogP contribution in [0.2, 0.25) is 0 Å². The number of thiol groups is 1. The van der Waals surface area contributed by atoms with E-state index >= 15 is 0 Å². The number of ether oxygens (including phenoxy) is 3. The van der Waals surface area contributed by atoms with Crippen LogP contribution in [0.15, 0.2) is 0 Å². The molecule has 0 radical (unpaired) electrons. The molecule has 0 aromatic carbocycles. The van der Waals surface area contributed by atoms with Gasteiger partial charge in [0.25, 0.3) is 0 Å². The van der Waals surface area contributed by atoms with Crippen molar-refractivity contribution in [3.63, 3.8) is 0 Å². The maximum Gasteiger partial charge on any atom is 0.327 e. The number of carboxylic acid groups (broad SMARTS) is 1. The summed E-state index contributed by atoms with van der Waals surface area (Å²) >= 11 is 3.90. The highest BCUT2D eigenvalue weighted by Crippen LogP contribution is 2.60. The Morgan fingerprint density at radius 3 is 2.61 bits per heavy atom. The molecule has 33 heavy (non-hydrogen) atoms. The Kier molecular flexibility index (Phi) is 6.99. The predicted molar refractivity (Wildman–Crippen MR) is 116 cm³/mol. The lowest BCUT2D eigenvalue weighted by atomic mass is 9.58. The Balaban J connectivity index is 1.41. The molecule has 0 aromatic rings. The number of carboxylic acids is 1. The summed E-state index contributed by atoms with van der Waals surface area (Å²) in [4.78, 5) is 47.4. The second kappa shape index (κ2) is 9.33. The third kappa shape index (κ3) is 4.50. The summed E-state index contributed by atoms with van der Waals surface area (Å²) in [6, 6.07) is -1.11. The zero-order valence-corrected chi connectivity index (χ0v) is 20.0. The highest BCUT2D eigenvalue weighted by molar-refractivity contribution is 7.80. The third-order valence-electron chi connectivity index (χ3n) is 7.72. The molecule has 5 fully saturated rings. The van der Waals surface area contributed by atoms with Gasteiger partial charge in [-0.25, -0.2) is 14.6 Å². The molecule has 0 unspecified atom stereocenters. The molecule has 1 saturated carbocycles. The number of hydrogen-bond acceptors (Lipinski definition) is 9. The fraction of sp³-hybridized carbons (Fsp3) is 0.864. The molecule has 1 spiro atoms. The molecule has 9 atom stereocenters. The van der Waals surface area contributed by atoms with Crippen LogP contribution in [-0.2, 0) is 38.4 Å². The Morgan fingerprint density at radius 1 is 1.15 bits per heavy atom. The fourth-order valence-electron chi connectivity index (χ4n) is 5.86. The van der Waals surface area contributed by atoms with E-state index in [1.165, 1.54) is 0 Å². The van der Waals surface area contributed by atoms with Crippen LogP contribution in [0.1, 0.15) is 59.3 Å². The lowest BCUT2D eigenvalue weighted by Gasteiger charge is -2.59. The van der Waals surface area contributed by atoms with Crippen LogP contribution >= 0.6 is 12.6 Å². The first-order chi connectivity index (χ1) is 15.6. The zero-order valence-electron chi connectivity index (χ0n) is 19.2. The van der Waals surface area contributed by atoms with Gasteiger partial charge >= 0.3 is 11.9 Å². The van der Waals surface area contributed by atoms with Crippen LogP contribution in [0.3, 0.4) is 0 Å². The van der Waals surface area contributed by atoms with E-state index < -0.39 is 47.9 Å². The molecular weight excluding hydrogens is 454 g/mol. The van der Waals surface area contributed by atoms with Gasteiger partial charge in [0.15, 0.2) is 11.9 Å². The highest BCUT2D eigenvalue weighted by Gasteiger charge is 2.69. The van der Waals surface area contributed by atoms with Gasteiger partial charge in [-0.15, -0.1) is 0 Å². The molecule has 186 valence electrons. The minimum Gasteiger partial charge on any atom is -0.480 e. The van der Waals surface area contributed by atoms with E-state index in [0.717, 1.165) is 19.3 Å². The van der Waals surface area contributed by atoms with Gasteiger partial charge in [0.2, 0.25) is 18.0 Å². The van der Waals surface area contributed by atoms with Crippen molar-refractivity contribution in [3.05, 3.63) is 0 Å². The average molecular weight is 488 g/mol. The zero-order chi connectivity index (χ0) is 24.0. The number of esters is 1. The summed E-state index contributed by atoms with van der Waals surface area (Å²) in [5, 5.41) is 11.3. The molecule has 4 saturated heterocycles. The second-order valence-corrected chi connectivity index (χ2v) is 10.3. The van der Waals surface area contributed by atoms with Crippen molar-refractivity contribution in [2.45, 2.75) is 89.3 Å². The number of nitrogens with one attached hydrogen (secondary N) is 1. The molecule has 0 aromatic heterocycles. The quantitative estimate of drug-likeness (QED) is 0.280. The Labute approximate surface area is 198 Å². The second-order valence-electron chi connectivity index (χ2n) is 9.90. The van der Waals surface area contributed by atoms with Gasteiger partial charge in [0, 0.05) is 30.4 Å². The Morgan fingerprint density at radius 2 is 1.91 bits per heavy atom. The minimum absolute atomic E-state index is 0.0212. The summed E-state index contributed by atoms with van der Waals surface area (Å²) in [5.74, 6) is -2.81. The summed E-state index contributed by atoms with van der Waals surface area (Å²) in [6.45, 7) is 6.02. The summed E-state index contributed by atoms with van der Waals surface area (Å²) in [5.41, 5.74) is -0.741. The molecule has 1 amide bonds. The molecule has 4 heterocycles. The predicted octanol–water partition coefficient (Wildman–Crippen LogP) is 2.02. The highest BCUT2D eigenvalue weighted by atomic mass is 32.1. The van der Waals surface area contributed by atoms with E-state index in [4.69, 9.17) is 29.1 Å². The SMILES string of the molecule is C[C@H]1[C@H](OC(=O)CCC(=O)N[C@H](CS)C(=O)O)O[C@@H]2O[C@@]3(C)CC[C@H]4[C@H](C)CC[C@@H]1[C@@]24OO3. The smallest absolute Gasteiger partial charge is 0.327 e. The Bertz CT molecular complexity index is 796. The average Bonchev–Trinajstić information content (AvgIpc) is 3.00. The van der Waals surface area contributed by atoms with Crippen LogP contribution in [0, 0.1) is 23.7 Å². The monoisotopic (exact) mass is 487 g/mol. The van der Waals surface area contributed by atoms with Crippen molar-refractivity contribution in [3.8, 4) is 0 Å². The number of aliphatic carboxylic acids is 1. The molecule has 2 bridgehead atoms. The summed E-state index contributed by atoms with van der Waals surface area (Å²) < 4.78 is 18.0. The van der Waals surface area contributed by atoms with Crippen LogP contribution in [0.4, 0.5) is 0 Å². The number of carbonyl (C=O) groups is 3. The van der Waals surface area contributed by atoms with Gasteiger partial charge in [0.05, 0.1) is 6.42 Å². The van der Waals surface area contributed by atoms with Gasteiger partial charge in [-0.05, 0) is 38.0 Å². The molecule has 10 nitrogen and oxygen atoms in total. The summed E-state index contributed by atoms with van der Waals surface area (Å²) in [7, 11) is 0. The van der Waals surface area contributed by atoms with E-state index in [-0.39, 0.29) is 36.3 Å². The van der Waals surface area contributed by atoms with Crippen molar-refractivity contribution in [2.75, 3.05) is 5.75 Å². The van der Waals surface area contributed by atoms with Crippen molar-refractivity contribution in [1.82, 2.24) is 5.32 Å². The van der Waals surface area contributed by atoms with Gasteiger partial charge in [-0.2, -0.15) is 12.6 Å². The van der Waals surface area contributed by atoms with Crippen LogP contribution in [-0.4, -0.2) is 58.7 Å². The first kappa shape index (κ1) is 24.7. The largest absolute Gasteiger partial charge is 0.480 e. The molecule has 5 aliphatic rings. The molecule has 4 aliphatic heterocycles. The van der Waals surface area contributed by atoms with Crippen molar-refractivity contribution in [1.29, 1.82) is 0 Å². The Hall–Kier alpha value is -1.40. The van der Waals surface area contributed by atoms with Crippen LogP contribution in [0.5, 0.6) is 0 Å². The van der Waals surface area contributed by atoms with Crippen molar-refractivity contribution in [2.24, 2.45) is 23.7 Å². The van der Waals surface area contributed by atoms with Crippen LogP contribution < -0.4 is 5.32 Å². The van der Waals surface area contributed by atoms with Crippen LogP contribution in [0.25, 0.3) is 0 Å². The minimum atomic E-state index is -1.18. The van der Waals surface area contributed by atoms with Gasteiger partial charge in [-0.3, -0.25) is 9.59 Å². The topological polar surface area (TPSA) is 130 Å². The van der Waals surface area contributed by atoms with Gasteiger partial charge in [0.1, 0.15) is 6.04 Å². The maximum atomic E-state index is 12.5. The first-order valence-corrected chi connectivity index (χ1v) is 12.3. The van der Waals surface area contributed by atoms with E-state index in [1.807, 2.05) is 13.8 Å². The van der Waals surface area contributed by atoms with E-state index in [2.05, 4.69) is 24.9 Å². The number of fused-ring (bicyclic) bond motifs is 2. The first-order valence-electron chi connectivity index (χ1n) is 11.6. The van der Waals surface area contributed by atoms with Gasteiger partial charge < -0.3 is 24.6 Å². The summed E-state index contributed by atoms with van der Waals surface area (Å²) in [6.07, 6.45) is 1.54. The lowest BCUT2D eigenvalue weighted by Crippen LogP contribution is -2.70. The van der Waals surface area contributed by atoms with Crippen molar-refractivity contribution < 1.29 is 43.5 Å². The fourth-order valence-corrected chi connectivity index (χ4v) is 6.11. The number of hydrogen-bond donors (Lipinski definition) is 3. The lowest BCUT2D eigenvalue weighted by molar-refractivity contribution is -0.576. The normalized spacial score (nSPS) is 42.5. The standard InChI is InChI=1S/C22H33NO9S/c1-11-4-5-14-12(2)19(28-17(25)7-6-16(24)23-15(10-33)18(26)27)29-20-22(14)13(11)8-9-21(3,30-20)31-32-22/h11-15,19-20,33H,4-10H2,1-3H3,(H,23,24)(H,26,27)/t11-,12-,13+,14+,15-,19-,20-,21-,22-/m1/s1. The maximum absolute atomic E-state index is 12.5. The molecule has 2 N–H and O–H groups in total. The van der Waals surface area contributed by atoms with E-state index in [1.54, 1.807) is 0 Å². The molecular formula is C22H33NO9S. The third-order valence-corrected chi connectivity index (χ3v) is 8.08. The van der Waals surface area contributed by atoms with Gasteiger partial charge in [-0.1, -0.05) is 13.8 Å². The van der Waals surface area contributed by atoms with Crippen molar-refractivity contribution >= 4 is 30.5 Å². The van der Waals surface area contributed by atoms with E-state index in [9.17, 15) is 14.4 Å². The van der Waals surface area contributed by atoms with E-state index in [0.29, 0.717) is 12.3 Å². The molecule has 11 heteroatoms. The molecule has 1 aliphatic carbocycles.